The fraction of sp³-hybridized carbons (Fsp3) is 0.421. The number of carboxylic acid groups (broad SMARTS) is 1. The highest BCUT2D eigenvalue weighted by Gasteiger charge is 2.32. The lowest BCUT2D eigenvalue weighted by molar-refractivity contribution is 0.0747. The molecule has 2 heterocycles. The third kappa shape index (κ3) is 4.73. The normalized spacial score (nSPS) is 14.4. The smallest absolute Gasteiger partial charge is 0.407 e. The number of anilines is 1. The van der Waals surface area contributed by atoms with Crippen LogP contribution in [0.5, 0.6) is 5.75 Å². The summed E-state index contributed by atoms with van der Waals surface area (Å²) in [6.45, 7) is 6.71. The van der Waals surface area contributed by atoms with Gasteiger partial charge in [0, 0.05) is 24.2 Å². The molecule has 1 aromatic heterocycles. The van der Waals surface area contributed by atoms with Crippen LogP contribution in [0.3, 0.4) is 0 Å². The van der Waals surface area contributed by atoms with Gasteiger partial charge in [0.2, 0.25) is 11.7 Å². The van der Waals surface area contributed by atoms with Crippen LogP contribution < -0.4 is 10.6 Å². The van der Waals surface area contributed by atoms with E-state index in [1.54, 1.807) is 6.07 Å². The minimum atomic E-state index is -1.01. The average Bonchev–Trinajstić information content (AvgIpc) is 3.04. The number of nitrogens with one attached hydrogen (secondary N) is 2. The molecule has 10 heteroatoms. The zero-order valence-electron chi connectivity index (χ0n) is 16.3. The molecule has 29 heavy (non-hydrogen) atoms. The van der Waals surface area contributed by atoms with Crippen LogP contribution in [0.4, 0.5) is 10.5 Å². The fourth-order valence-electron chi connectivity index (χ4n) is 2.93. The van der Waals surface area contributed by atoms with Crippen molar-refractivity contribution in [1.82, 2.24) is 15.2 Å². The summed E-state index contributed by atoms with van der Waals surface area (Å²) >= 11 is 6.23. The zero-order chi connectivity index (χ0) is 21.3. The largest absolute Gasteiger partial charge is 0.506 e. The predicted octanol–water partition coefficient (Wildman–Crippen LogP) is 3.04. The summed E-state index contributed by atoms with van der Waals surface area (Å²) in [6, 6.07) is 3.02. The number of benzene rings is 1. The summed E-state index contributed by atoms with van der Waals surface area (Å²) in [7, 11) is 0. The molecule has 0 spiro atoms. The number of hydrogen-bond acceptors (Lipinski definition) is 6. The summed E-state index contributed by atoms with van der Waals surface area (Å²) < 4.78 is 5.45. The van der Waals surface area contributed by atoms with Gasteiger partial charge in [-0.15, -0.1) is 0 Å². The lowest BCUT2D eigenvalue weighted by Crippen LogP contribution is -2.60. The Bertz CT molecular complexity index is 931. The maximum absolute atomic E-state index is 12.2. The van der Waals surface area contributed by atoms with Gasteiger partial charge in [0.25, 0.3) is 5.91 Å². The van der Waals surface area contributed by atoms with Crippen LogP contribution in [0.1, 0.15) is 42.8 Å². The molecule has 1 aromatic carbocycles. The summed E-state index contributed by atoms with van der Waals surface area (Å²) in [5.74, 6) is -0.155. The monoisotopic (exact) mass is 422 g/mol. The first-order valence-corrected chi connectivity index (χ1v) is 9.42. The number of oxazole rings is 1. The van der Waals surface area contributed by atoms with Gasteiger partial charge < -0.3 is 30.2 Å². The molecule has 2 amide bonds. The van der Waals surface area contributed by atoms with Crippen LogP contribution in [-0.2, 0) is 12.0 Å². The van der Waals surface area contributed by atoms with Crippen molar-refractivity contribution in [1.29, 1.82) is 0 Å². The third-order valence-corrected chi connectivity index (χ3v) is 4.90. The van der Waals surface area contributed by atoms with E-state index in [9.17, 15) is 14.7 Å². The second-order valence-electron chi connectivity index (χ2n) is 7.93. The Kier molecular flexibility index (Phi) is 5.61. The predicted molar refractivity (Wildman–Crippen MR) is 106 cm³/mol. The van der Waals surface area contributed by atoms with Crippen LogP contribution in [0.15, 0.2) is 22.7 Å². The summed E-state index contributed by atoms with van der Waals surface area (Å²) in [5, 5.41) is 25.2. The van der Waals surface area contributed by atoms with E-state index in [1.807, 2.05) is 20.8 Å². The number of aromatic hydroxyl groups is 1. The Morgan fingerprint density at radius 2 is 2.03 bits per heavy atom. The van der Waals surface area contributed by atoms with E-state index in [4.69, 9.17) is 21.1 Å². The van der Waals surface area contributed by atoms with Crippen molar-refractivity contribution in [2.75, 3.05) is 18.4 Å². The van der Waals surface area contributed by atoms with Gasteiger partial charge in [0.05, 0.1) is 24.5 Å². The summed E-state index contributed by atoms with van der Waals surface area (Å²) in [6.07, 6.45) is 0.297. The molecule has 4 N–H and O–H groups in total. The molecule has 0 atom stereocenters. The number of hydrogen-bond donors (Lipinski definition) is 4. The highest BCUT2D eigenvalue weighted by Crippen LogP contribution is 2.37. The Balaban J connectivity index is 1.60. The molecule has 1 fully saturated rings. The number of rotatable bonds is 5. The first-order valence-electron chi connectivity index (χ1n) is 9.05. The number of likely N-dealkylation sites (tertiary alicyclic amines) is 1. The number of phenolic OH excluding ortho intramolecular Hbond substituents is 1. The molecular formula is C19H23ClN4O5. The van der Waals surface area contributed by atoms with E-state index in [1.165, 1.54) is 17.2 Å². The van der Waals surface area contributed by atoms with E-state index in [0.717, 1.165) is 5.56 Å². The number of aromatic nitrogens is 1. The van der Waals surface area contributed by atoms with Crippen molar-refractivity contribution < 1.29 is 24.2 Å². The maximum atomic E-state index is 12.2. The molecule has 0 radical (unpaired) electrons. The Morgan fingerprint density at radius 1 is 1.34 bits per heavy atom. The standard InChI is InChI=1S/C19H23ClN4O5/c1-19(2,3)11-4-13(14(25)5-12(11)20)21-7-16-22-6-15(29-16)17(26)23-10-8-24(9-10)18(27)28/h4-6,10,21,25H,7-9H2,1-3H3,(H,23,26)(H,27,28). The van der Waals surface area contributed by atoms with E-state index in [-0.39, 0.29) is 48.5 Å². The second kappa shape index (κ2) is 7.82. The molecule has 0 bridgehead atoms. The zero-order valence-corrected chi connectivity index (χ0v) is 17.1. The second-order valence-corrected chi connectivity index (χ2v) is 8.34. The first-order chi connectivity index (χ1) is 13.5. The van der Waals surface area contributed by atoms with Crippen molar-refractivity contribution in [2.24, 2.45) is 0 Å². The summed E-state index contributed by atoms with van der Waals surface area (Å²) in [4.78, 5) is 28.2. The highest BCUT2D eigenvalue weighted by atomic mass is 35.5. The van der Waals surface area contributed by atoms with Crippen molar-refractivity contribution >= 4 is 29.3 Å². The molecule has 0 saturated carbocycles. The van der Waals surface area contributed by atoms with Gasteiger partial charge in [-0.05, 0) is 17.0 Å². The van der Waals surface area contributed by atoms with Crippen molar-refractivity contribution in [2.45, 2.75) is 38.8 Å². The van der Waals surface area contributed by atoms with E-state index in [2.05, 4.69) is 15.6 Å². The number of nitrogens with zero attached hydrogens (tertiary/aromatic N) is 2. The molecule has 0 unspecified atom stereocenters. The molecule has 1 aliphatic heterocycles. The van der Waals surface area contributed by atoms with Gasteiger partial charge in [-0.25, -0.2) is 9.78 Å². The van der Waals surface area contributed by atoms with E-state index in [0.29, 0.717) is 10.7 Å². The van der Waals surface area contributed by atoms with Gasteiger partial charge >= 0.3 is 6.09 Å². The molecule has 0 aliphatic carbocycles. The number of halogens is 1. The Labute approximate surface area is 172 Å². The third-order valence-electron chi connectivity index (χ3n) is 4.59. The van der Waals surface area contributed by atoms with Crippen LogP contribution in [0.25, 0.3) is 0 Å². The lowest BCUT2D eigenvalue weighted by Gasteiger charge is -2.37. The highest BCUT2D eigenvalue weighted by molar-refractivity contribution is 6.31. The van der Waals surface area contributed by atoms with Crippen LogP contribution in [0, 0.1) is 0 Å². The van der Waals surface area contributed by atoms with Gasteiger partial charge in [-0.1, -0.05) is 32.4 Å². The Hall–Kier alpha value is -2.94. The number of carbonyl (C=O) groups is 2. The van der Waals surface area contributed by atoms with Crippen molar-refractivity contribution in [3.8, 4) is 5.75 Å². The molecule has 9 nitrogen and oxygen atoms in total. The molecule has 2 aromatic rings. The molecule has 1 saturated heterocycles. The molecular weight excluding hydrogens is 400 g/mol. The fourth-order valence-corrected chi connectivity index (χ4v) is 3.37. The Morgan fingerprint density at radius 3 is 2.66 bits per heavy atom. The minimum absolute atomic E-state index is 0.000454. The lowest BCUT2D eigenvalue weighted by atomic mass is 9.86. The van der Waals surface area contributed by atoms with Crippen LogP contribution in [0.2, 0.25) is 5.02 Å². The van der Waals surface area contributed by atoms with E-state index >= 15 is 0 Å². The molecule has 3 rings (SSSR count). The van der Waals surface area contributed by atoms with Crippen molar-refractivity contribution in [3.63, 3.8) is 0 Å². The molecule has 1 aliphatic rings. The van der Waals surface area contributed by atoms with Crippen LogP contribution >= 0.6 is 11.6 Å². The quantitative estimate of drug-likeness (QED) is 0.545. The van der Waals surface area contributed by atoms with E-state index < -0.39 is 12.0 Å². The number of carbonyl (C=O) groups excluding carboxylic acids is 1. The van der Waals surface area contributed by atoms with Crippen molar-refractivity contribution in [3.05, 3.63) is 40.6 Å². The topological polar surface area (TPSA) is 128 Å². The van der Waals surface area contributed by atoms with Gasteiger partial charge in [0.15, 0.2) is 0 Å². The average molecular weight is 423 g/mol. The number of phenols is 1. The number of amides is 2. The minimum Gasteiger partial charge on any atom is -0.506 e. The maximum Gasteiger partial charge on any atom is 0.407 e. The van der Waals surface area contributed by atoms with Gasteiger partial charge in [-0.2, -0.15) is 0 Å². The summed E-state index contributed by atoms with van der Waals surface area (Å²) in [5.41, 5.74) is 1.15. The SMILES string of the molecule is CC(C)(C)c1cc(NCc2ncc(C(=O)NC3CN(C(=O)O)C3)o2)c(O)cc1Cl. The van der Waals surface area contributed by atoms with Gasteiger partial charge in [-0.3, -0.25) is 4.79 Å². The van der Waals surface area contributed by atoms with Gasteiger partial charge in [0.1, 0.15) is 5.75 Å². The first kappa shape index (κ1) is 20.8. The van der Waals surface area contributed by atoms with Crippen LogP contribution in [-0.4, -0.2) is 51.2 Å². The molecule has 156 valence electrons.